The van der Waals surface area contributed by atoms with Crippen LogP contribution in [-0.2, 0) is 22.6 Å². The summed E-state index contributed by atoms with van der Waals surface area (Å²) in [4.78, 5) is 53.7. The molecule has 178 valence electrons. The quantitative estimate of drug-likeness (QED) is 0.651. The van der Waals surface area contributed by atoms with E-state index in [-0.39, 0.29) is 42.2 Å². The number of fused-ring (bicyclic) bond motifs is 4. The van der Waals surface area contributed by atoms with Gasteiger partial charge in [-0.05, 0) is 36.5 Å². The van der Waals surface area contributed by atoms with E-state index in [9.17, 15) is 19.2 Å². The van der Waals surface area contributed by atoms with Gasteiger partial charge in [0, 0.05) is 43.9 Å². The molecule has 4 amide bonds. The minimum Gasteiger partial charge on any atom is -0.496 e. The Labute approximate surface area is 197 Å². The Bertz CT molecular complexity index is 1190. The van der Waals surface area contributed by atoms with Crippen molar-refractivity contribution in [3.63, 3.8) is 0 Å². The predicted molar refractivity (Wildman–Crippen MR) is 123 cm³/mol. The SMILES string of the molecule is COc1ccccc1CCN1C(=O)NC(CC(=O)N2CC3CC(C2)c2cccc(=O)n2C3)C1=O. The number of piperidine rings is 1. The number of imide groups is 1. The zero-order valence-electron chi connectivity index (χ0n) is 19.1. The summed E-state index contributed by atoms with van der Waals surface area (Å²) in [5, 5.41) is 2.68. The van der Waals surface area contributed by atoms with E-state index in [1.807, 2.05) is 34.9 Å². The first-order valence-corrected chi connectivity index (χ1v) is 11.7. The fourth-order valence-electron chi connectivity index (χ4n) is 5.47. The lowest BCUT2D eigenvalue weighted by atomic mass is 9.83. The number of hydrogen-bond donors (Lipinski definition) is 1. The largest absolute Gasteiger partial charge is 0.496 e. The number of methoxy groups -OCH3 is 1. The molecule has 1 aromatic carbocycles. The monoisotopic (exact) mass is 464 g/mol. The number of pyridine rings is 1. The first-order chi connectivity index (χ1) is 16.4. The van der Waals surface area contributed by atoms with Gasteiger partial charge in [-0.2, -0.15) is 0 Å². The average molecular weight is 465 g/mol. The highest BCUT2D eigenvalue weighted by Crippen LogP contribution is 2.35. The van der Waals surface area contributed by atoms with Crippen LogP contribution in [0.15, 0.2) is 47.3 Å². The number of nitrogens with zero attached hydrogens (tertiary/aromatic N) is 3. The fraction of sp³-hybridized carbons (Fsp3) is 0.440. The Balaban J connectivity index is 1.21. The van der Waals surface area contributed by atoms with E-state index in [2.05, 4.69) is 5.32 Å². The Kier molecular flexibility index (Phi) is 5.85. The molecule has 4 heterocycles. The van der Waals surface area contributed by atoms with E-state index >= 15 is 0 Å². The zero-order valence-corrected chi connectivity index (χ0v) is 19.1. The molecule has 3 aliphatic heterocycles. The van der Waals surface area contributed by atoms with Gasteiger partial charge in [-0.15, -0.1) is 0 Å². The lowest BCUT2D eigenvalue weighted by molar-refractivity contribution is -0.137. The number of nitrogens with one attached hydrogen (secondary N) is 1. The van der Waals surface area contributed by atoms with Gasteiger partial charge in [0.2, 0.25) is 5.91 Å². The Hall–Kier alpha value is -3.62. The summed E-state index contributed by atoms with van der Waals surface area (Å²) in [5.74, 6) is 0.507. The molecule has 0 spiro atoms. The molecule has 0 radical (unpaired) electrons. The lowest BCUT2D eigenvalue weighted by Gasteiger charge is -2.43. The van der Waals surface area contributed by atoms with Crippen molar-refractivity contribution in [2.75, 3.05) is 26.7 Å². The minimum atomic E-state index is -0.852. The van der Waals surface area contributed by atoms with E-state index in [1.165, 1.54) is 4.90 Å². The first kappa shape index (κ1) is 22.2. The van der Waals surface area contributed by atoms with Crippen molar-refractivity contribution >= 4 is 17.8 Å². The molecule has 9 nitrogen and oxygen atoms in total. The highest BCUT2D eigenvalue weighted by atomic mass is 16.5. The van der Waals surface area contributed by atoms with E-state index in [4.69, 9.17) is 4.74 Å². The molecular weight excluding hydrogens is 436 g/mol. The average Bonchev–Trinajstić information content (AvgIpc) is 3.10. The van der Waals surface area contributed by atoms with Crippen LogP contribution in [0.3, 0.4) is 0 Å². The number of urea groups is 1. The molecule has 34 heavy (non-hydrogen) atoms. The molecule has 0 saturated carbocycles. The molecule has 2 fully saturated rings. The van der Waals surface area contributed by atoms with Crippen molar-refractivity contribution in [1.29, 1.82) is 0 Å². The van der Waals surface area contributed by atoms with Gasteiger partial charge in [0.15, 0.2) is 0 Å². The van der Waals surface area contributed by atoms with Gasteiger partial charge in [-0.25, -0.2) is 4.79 Å². The van der Waals surface area contributed by atoms with Crippen LogP contribution in [0.5, 0.6) is 5.75 Å². The topological polar surface area (TPSA) is 101 Å². The van der Waals surface area contributed by atoms with E-state index in [1.54, 1.807) is 24.1 Å². The summed E-state index contributed by atoms with van der Waals surface area (Å²) >= 11 is 0. The fourth-order valence-corrected chi connectivity index (χ4v) is 5.47. The molecule has 3 unspecified atom stereocenters. The van der Waals surface area contributed by atoms with Crippen LogP contribution in [0.4, 0.5) is 4.79 Å². The summed E-state index contributed by atoms with van der Waals surface area (Å²) in [6, 6.07) is 11.5. The number of para-hydroxylation sites is 1. The highest BCUT2D eigenvalue weighted by molar-refractivity contribution is 6.05. The second kappa shape index (κ2) is 8.96. The third kappa shape index (κ3) is 4.06. The smallest absolute Gasteiger partial charge is 0.324 e. The molecule has 2 aromatic rings. The molecule has 5 rings (SSSR count). The van der Waals surface area contributed by atoms with Crippen LogP contribution < -0.4 is 15.6 Å². The lowest BCUT2D eigenvalue weighted by Crippen LogP contribution is -2.50. The maximum absolute atomic E-state index is 13.1. The van der Waals surface area contributed by atoms with Crippen molar-refractivity contribution in [3.05, 3.63) is 64.1 Å². The minimum absolute atomic E-state index is 0.000504. The number of amides is 4. The van der Waals surface area contributed by atoms with E-state index < -0.39 is 12.1 Å². The molecule has 1 aromatic heterocycles. The van der Waals surface area contributed by atoms with Crippen LogP contribution in [0.2, 0.25) is 0 Å². The Morgan fingerprint density at radius 1 is 1.06 bits per heavy atom. The van der Waals surface area contributed by atoms with Crippen LogP contribution in [0.25, 0.3) is 0 Å². The standard InChI is InChI=1S/C25H28N4O5/c1-34-21-7-3-2-5-17(21)9-10-28-24(32)19(26-25(28)33)12-23(31)27-13-16-11-18(15-27)20-6-4-8-22(30)29(20)14-16/h2-8,16,18-19H,9-15H2,1H3,(H,26,33). The summed E-state index contributed by atoms with van der Waals surface area (Å²) in [6.07, 6.45) is 1.36. The second-order valence-electron chi connectivity index (χ2n) is 9.25. The van der Waals surface area contributed by atoms with Crippen molar-refractivity contribution in [3.8, 4) is 5.75 Å². The van der Waals surface area contributed by atoms with Crippen molar-refractivity contribution < 1.29 is 19.1 Å². The number of likely N-dealkylation sites (tertiary alicyclic amines) is 1. The van der Waals surface area contributed by atoms with Gasteiger partial charge < -0.3 is 19.5 Å². The van der Waals surface area contributed by atoms with Gasteiger partial charge in [0.05, 0.1) is 13.5 Å². The molecule has 0 aliphatic carbocycles. The number of benzene rings is 1. The van der Waals surface area contributed by atoms with Crippen molar-refractivity contribution in [1.82, 2.24) is 19.7 Å². The first-order valence-electron chi connectivity index (χ1n) is 11.7. The molecule has 2 bridgehead atoms. The van der Waals surface area contributed by atoms with Crippen LogP contribution >= 0.6 is 0 Å². The molecule has 3 aliphatic rings. The van der Waals surface area contributed by atoms with Gasteiger partial charge in [-0.1, -0.05) is 24.3 Å². The third-order valence-electron chi connectivity index (χ3n) is 7.12. The Morgan fingerprint density at radius 3 is 2.71 bits per heavy atom. The van der Waals surface area contributed by atoms with Gasteiger partial charge in [-0.3, -0.25) is 19.3 Å². The number of ether oxygens (including phenoxy) is 1. The summed E-state index contributed by atoms with van der Waals surface area (Å²) in [5.41, 5.74) is 1.87. The van der Waals surface area contributed by atoms with Gasteiger partial charge in [0.25, 0.3) is 11.5 Å². The maximum Gasteiger partial charge on any atom is 0.324 e. The molecular formula is C25H28N4O5. The molecule has 9 heteroatoms. The van der Waals surface area contributed by atoms with Crippen LogP contribution in [0.1, 0.15) is 30.0 Å². The van der Waals surface area contributed by atoms with Gasteiger partial charge >= 0.3 is 6.03 Å². The molecule has 3 atom stereocenters. The number of carbonyl (C=O) groups is 3. The summed E-state index contributed by atoms with van der Waals surface area (Å²) in [6.45, 7) is 1.90. The number of hydrogen-bond acceptors (Lipinski definition) is 5. The molecule has 1 N–H and O–H groups in total. The summed E-state index contributed by atoms with van der Waals surface area (Å²) < 4.78 is 7.16. The zero-order chi connectivity index (χ0) is 23.8. The second-order valence-corrected chi connectivity index (χ2v) is 9.25. The highest BCUT2D eigenvalue weighted by Gasteiger charge is 2.41. The van der Waals surface area contributed by atoms with Crippen molar-refractivity contribution in [2.24, 2.45) is 5.92 Å². The summed E-state index contributed by atoms with van der Waals surface area (Å²) in [7, 11) is 1.58. The van der Waals surface area contributed by atoms with Gasteiger partial charge in [0.1, 0.15) is 11.8 Å². The van der Waals surface area contributed by atoms with Crippen LogP contribution in [-0.4, -0.2) is 65.0 Å². The van der Waals surface area contributed by atoms with E-state index in [0.29, 0.717) is 31.8 Å². The van der Waals surface area contributed by atoms with Crippen molar-refractivity contribution in [2.45, 2.75) is 37.8 Å². The maximum atomic E-state index is 13.1. The van der Waals surface area contributed by atoms with Crippen LogP contribution in [0, 0.1) is 5.92 Å². The van der Waals surface area contributed by atoms with E-state index in [0.717, 1.165) is 17.7 Å². The molecule has 2 saturated heterocycles. The predicted octanol–water partition coefficient (Wildman–Crippen LogP) is 1.36. The third-order valence-corrected chi connectivity index (χ3v) is 7.12. The normalized spacial score (nSPS) is 23.5. The number of carbonyl (C=O) groups excluding carboxylic acids is 3. The Morgan fingerprint density at radius 2 is 1.88 bits per heavy atom. The number of aromatic nitrogens is 1. The number of rotatable bonds is 6.